The number of likely N-dealkylation sites (tertiary alicyclic amines) is 1. The van der Waals surface area contributed by atoms with Crippen molar-refractivity contribution in [3.8, 4) is 0 Å². The number of piperidine rings is 1. The molecule has 1 fully saturated rings. The Morgan fingerprint density at radius 3 is 2.64 bits per heavy atom. The van der Waals surface area contributed by atoms with Crippen LogP contribution >= 0.6 is 0 Å². The Morgan fingerprint density at radius 2 is 2.05 bits per heavy atom. The Hall–Kier alpha value is -1.55. The molecule has 4 nitrogen and oxygen atoms in total. The van der Waals surface area contributed by atoms with Crippen LogP contribution in [-0.2, 0) is 9.47 Å². The molecule has 122 valence electrons. The number of carbonyl (C=O) groups excluding carboxylic acids is 1. The molecule has 1 aromatic carbocycles. The largest absolute Gasteiger partial charge is 0.444 e. The summed E-state index contributed by atoms with van der Waals surface area (Å²) in [5.74, 6) is 0.323. The number of nitrogens with zero attached hydrogens (tertiary/aromatic N) is 1. The fraction of sp³-hybridized carbons (Fsp3) is 0.611. The van der Waals surface area contributed by atoms with E-state index >= 15 is 0 Å². The van der Waals surface area contributed by atoms with Gasteiger partial charge in [0, 0.05) is 19.6 Å². The summed E-state index contributed by atoms with van der Waals surface area (Å²) < 4.78 is 11.1. The lowest BCUT2D eigenvalue weighted by molar-refractivity contribution is -0.0139. The Balaban J connectivity index is 2.07. The highest BCUT2D eigenvalue weighted by molar-refractivity contribution is 5.68. The van der Waals surface area contributed by atoms with Gasteiger partial charge in [0.15, 0.2) is 0 Å². The third-order valence-electron chi connectivity index (χ3n) is 3.98. The second kappa shape index (κ2) is 6.69. The van der Waals surface area contributed by atoms with Gasteiger partial charge in [0.2, 0.25) is 0 Å². The molecular weight excluding hydrogens is 278 g/mol. The first kappa shape index (κ1) is 16.8. The standard InChI is InChI=1S/C18H27NO3/c1-13-7-6-8-14(11-13)15-9-10-19(12-16(15)21-5)17(20)22-18(2,3)4/h6-8,11,15-16H,9-10,12H2,1-5H3/t15-,16+/m1/s1. The van der Waals surface area contributed by atoms with E-state index in [1.54, 1.807) is 12.0 Å². The van der Waals surface area contributed by atoms with E-state index in [1.807, 2.05) is 20.8 Å². The number of benzene rings is 1. The highest BCUT2D eigenvalue weighted by Crippen LogP contribution is 2.31. The maximum atomic E-state index is 12.2. The average Bonchev–Trinajstić information content (AvgIpc) is 2.44. The maximum Gasteiger partial charge on any atom is 0.410 e. The summed E-state index contributed by atoms with van der Waals surface area (Å²) in [5, 5.41) is 0. The quantitative estimate of drug-likeness (QED) is 0.835. The van der Waals surface area contributed by atoms with Gasteiger partial charge in [-0.25, -0.2) is 4.79 Å². The lowest BCUT2D eigenvalue weighted by atomic mass is 9.86. The molecule has 1 aliphatic rings. The van der Waals surface area contributed by atoms with Gasteiger partial charge >= 0.3 is 6.09 Å². The molecule has 0 bridgehead atoms. The molecule has 0 unspecified atom stereocenters. The van der Waals surface area contributed by atoms with Crippen LogP contribution in [0.15, 0.2) is 24.3 Å². The van der Waals surface area contributed by atoms with Gasteiger partial charge in [-0.1, -0.05) is 29.8 Å². The number of rotatable bonds is 2. The van der Waals surface area contributed by atoms with Crippen molar-refractivity contribution >= 4 is 6.09 Å². The molecule has 2 atom stereocenters. The molecule has 2 rings (SSSR count). The summed E-state index contributed by atoms with van der Waals surface area (Å²) in [6.07, 6.45) is 0.640. The molecule has 22 heavy (non-hydrogen) atoms. The number of hydrogen-bond donors (Lipinski definition) is 0. The molecule has 1 heterocycles. The second-order valence-electron chi connectivity index (χ2n) is 7.01. The van der Waals surface area contributed by atoms with E-state index in [1.165, 1.54) is 11.1 Å². The van der Waals surface area contributed by atoms with Crippen molar-refractivity contribution in [1.29, 1.82) is 0 Å². The van der Waals surface area contributed by atoms with E-state index < -0.39 is 5.60 Å². The highest BCUT2D eigenvalue weighted by Gasteiger charge is 2.34. The van der Waals surface area contributed by atoms with Gasteiger partial charge in [-0.05, 0) is 39.7 Å². The van der Waals surface area contributed by atoms with Gasteiger partial charge in [0.25, 0.3) is 0 Å². The predicted octanol–water partition coefficient (Wildman–Crippen LogP) is 3.73. The number of ether oxygens (including phenoxy) is 2. The molecule has 4 heteroatoms. The van der Waals surface area contributed by atoms with Crippen LogP contribution in [0.2, 0.25) is 0 Å². The van der Waals surface area contributed by atoms with Crippen molar-refractivity contribution in [1.82, 2.24) is 4.90 Å². The highest BCUT2D eigenvalue weighted by atomic mass is 16.6. The van der Waals surface area contributed by atoms with Crippen LogP contribution < -0.4 is 0 Å². The van der Waals surface area contributed by atoms with Crippen LogP contribution in [0.25, 0.3) is 0 Å². The van der Waals surface area contributed by atoms with Crippen LogP contribution in [0.3, 0.4) is 0 Å². The van der Waals surface area contributed by atoms with Crippen LogP contribution in [0.4, 0.5) is 4.79 Å². The number of aryl methyl sites for hydroxylation is 1. The summed E-state index contributed by atoms with van der Waals surface area (Å²) in [6, 6.07) is 8.53. The monoisotopic (exact) mass is 305 g/mol. The van der Waals surface area contributed by atoms with Gasteiger partial charge < -0.3 is 14.4 Å². The van der Waals surface area contributed by atoms with Gasteiger partial charge in [-0.15, -0.1) is 0 Å². The number of amides is 1. The minimum Gasteiger partial charge on any atom is -0.444 e. The minimum absolute atomic E-state index is 0.00284. The second-order valence-corrected chi connectivity index (χ2v) is 7.01. The Morgan fingerprint density at radius 1 is 1.32 bits per heavy atom. The molecule has 0 radical (unpaired) electrons. The Bertz CT molecular complexity index is 521. The zero-order valence-electron chi connectivity index (χ0n) is 14.3. The van der Waals surface area contributed by atoms with E-state index in [9.17, 15) is 4.79 Å². The maximum absolute atomic E-state index is 12.2. The molecule has 0 aromatic heterocycles. The van der Waals surface area contributed by atoms with Crippen molar-refractivity contribution in [2.75, 3.05) is 20.2 Å². The van der Waals surface area contributed by atoms with Crippen molar-refractivity contribution in [2.24, 2.45) is 0 Å². The summed E-state index contributed by atoms with van der Waals surface area (Å²) in [4.78, 5) is 14.0. The average molecular weight is 305 g/mol. The van der Waals surface area contributed by atoms with Crippen LogP contribution in [-0.4, -0.2) is 42.9 Å². The van der Waals surface area contributed by atoms with Crippen LogP contribution in [0, 0.1) is 6.92 Å². The fourth-order valence-electron chi connectivity index (χ4n) is 2.93. The lowest BCUT2D eigenvalue weighted by Crippen LogP contribution is -2.48. The summed E-state index contributed by atoms with van der Waals surface area (Å²) in [6.45, 7) is 9.03. The molecule has 0 N–H and O–H groups in total. The molecule has 1 aliphatic heterocycles. The SMILES string of the molecule is CO[C@H]1CN(C(=O)OC(C)(C)C)CC[C@@H]1c1cccc(C)c1. The molecule has 1 amide bonds. The zero-order chi connectivity index (χ0) is 16.3. The van der Waals surface area contributed by atoms with E-state index in [0.717, 1.165) is 6.42 Å². The normalized spacial score (nSPS) is 22.5. The number of methoxy groups -OCH3 is 1. The van der Waals surface area contributed by atoms with E-state index in [4.69, 9.17) is 9.47 Å². The lowest BCUT2D eigenvalue weighted by Gasteiger charge is -2.38. The summed E-state index contributed by atoms with van der Waals surface area (Å²) in [5.41, 5.74) is 2.07. The zero-order valence-corrected chi connectivity index (χ0v) is 14.3. The van der Waals surface area contributed by atoms with E-state index in [-0.39, 0.29) is 12.2 Å². The first-order valence-corrected chi connectivity index (χ1v) is 7.87. The van der Waals surface area contributed by atoms with Crippen LogP contribution in [0.5, 0.6) is 0 Å². The van der Waals surface area contributed by atoms with E-state index in [2.05, 4.69) is 31.2 Å². The molecule has 1 saturated heterocycles. The molecule has 1 aromatic rings. The molecular formula is C18H27NO3. The Kier molecular flexibility index (Phi) is 5.12. The van der Waals surface area contributed by atoms with Crippen molar-refractivity contribution in [3.63, 3.8) is 0 Å². The summed E-state index contributed by atoms with van der Waals surface area (Å²) >= 11 is 0. The first-order valence-electron chi connectivity index (χ1n) is 7.87. The molecule has 0 aliphatic carbocycles. The predicted molar refractivity (Wildman–Crippen MR) is 87.1 cm³/mol. The van der Waals surface area contributed by atoms with Gasteiger partial charge in [-0.2, -0.15) is 0 Å². The first-order chi connectivity index (χ1) is 10.3. The third kappa shape index (κ3) is 4.23. The van der Waals surface area contributed by atoms with E-state index in [0.29, 0.717) is 19.0 Å². The van der Waals surface area contributed by atoms with Crippen molar-refractivity contribution < 1.29 is 14.3 Å². The smallest absolute Gasteiger partial charge is 0.410 e. The number of hydrogen-bond acceptors (Lipinski definition) is 3. The van der Waals surface area contributed by atoms with Gasteiger partial charge in [-0.3, -0.25) is 0 Å². The van der Waals surface area contributed by atoms with Gasteiger partial charge in [0.05, 0.1) is 12.6 Å². The Labute approximate surface area is 133 Å². The van der Waals surface area contributed by atoms with Crippen LogP contribution in [0.1, 0.15) is 44.2 Å². The summed E-state index contributed by atoms with van der Waals surface area (Å²) in [7, 11) is 1.71. The number of carbonyl (C=O) groups is 1. The fourth-order valence-corrected chi connectivity index (χ4v) is 2.93. The van der Waals surface area contributed by atoms with Crippen molar-refractivity contribution in [2.45, 2.75) is 51.7 Å². The molecule has 0 spiro atoms. The third-order valence-corrected chi connectivity index (χ3v) is 3.98. The van der Waals surface area contributed by atoms with Crippen molar-refractivity contribution in [3.05, 3.63) is 35.4 Å². The topological polar surface area (TPSA) is 38.8 Å². The molecule has 0 saturated carbocycles. The van der Waals surface area contributed by atoms with Gasteiger partial charge in [0.1, 0.15) is 5.60 Å². The minimum atomic E-state index is -0.465.